The molecule has 4 rings (SSSR count). The SMILES string of the molecule is CC(C)(C)c1ccc(/C=C2\Oc3c(ccc(O)c3CN3CCCCCC3)C2=O)cc1. The number of hydrogen-bond acceptors (Lipinski definition) is 4. The first-order chi connectivity index (χ1) is 14.3. The smallest absolute Gasteiger partial charge is 0.231 e. The summed E-state index contributed by atoms with van der Waals surface area (Å²) in [6, 6.07) is 11.5. The Balaban J connectivity index is 1.60. The zero-order valence-electron chi connectivity index (χ0n) is 18.2. The zero-order chi connectivity index (χ0) is 21.3. The molecule has 4 nitrogen and oxygen atoms in total. The van der Waals surface area contributed by atoms with Gasteiger partial charge in [-0.2, -0.15) is 0 Å². The normalized spacial score (nSPS) is 18.9. The number of ketones is 1. The first-order valence-electron chi connectivity index (χ1n) is 10.9. The third kappa shape index (κ3) is 4.29. The molecule has 1 N–H and O–H groups in total. The molecule has 0 unspecified atom stereocenters. The minimum absolute atomic E-state index is 0.0847. The number of benzene rings is 2. The molecular formula is C26H31NO3. The number of phenolic OH excluding ortho intramolecular Hbond substituents is 1. The molecule has 30 heavy (non-hydrogen) atoms. The van der Waals surface area contributed by atoms with Crippen LogP contribution in [0.2, 0.25) is 0 Å². The van der Waals surface area contributed by atoms with E-state index in [2.05, 4.69) is 37.8 Å². The molecule has 2 aliphatic rings. The largest absolute Gasteiger partial charge is 0.507 e. The van der Waals surface area contributed by atoms with Crippen LogP contribution in [-0.2, 0) is 12.0 Å². The van der Waals surface area contributed by atoms with Crippen molar-refractivity contribution in [3.8, 4) is 11.5 Å². The molecule has 0 radical (unpaired) electrons. The fourth-order valence-electron chi connectivity index (χ4n) is 4.20. The first kappa shape index (κ1) is 20.7. The minimum atomic E-state index is -0.123. The number of carbonyl (C=O) groups excluding carboxylic acids is 1. The van der Waals surface area contributed by atoms with Crippen LogP contribution in [0.5, 0.6) is 11.5 Å². The summed E-state index contributed by atoms with van der Waals surface area (Å²) in [7, 11) is 0. The molecule has 0 saturated carbocycles. The van der Waals surface area contributed by atoms with Gasteiger partial charge in [0.25, 0.3) is 0 Å². The van der Waals surface area contributed by atoms with Gasteiger partial charge < -0.3 is 9.84 Å². The third-order valence-electron chi connectivity index (χ3n) is 6.07. The van der Waals surface area contributed by atoms with Crippen LogP contribution in [0, 0.1) is 0 Å². The summed E-state index contributed by atoms with van der Waals surface area (Å²) in [5, 5.41) is 10.5. The Morgan fingerprint density at radius 1 is 1.00 bits per heavy atom. The van der Waals surface area contributed by atoms with Gasteiger partial charge in [-0.05, 0) is 60.7 Å². The van der Waals surface area contributed by atoms with Crippen LogP contribution in [0.1, 0.15) is 73.5 Å². The van der Waals surface area contributed by atoms with Crippen LogP contribution in [-0.4, -0.2) is 28.9 Å². The highest BCUT2D eigenvalue weighted by atomic mass is 16.5. The molecule has 0 spiro atoms. The molecule has 4 heteroatoms. The number of allylic oxidation sites excluding steroid dienone is 1. The van der Waals surface area contributed by atoms with E-state index >= 15 is 0 Å². The van der Waals surface area contributed by atoms with E-state index < -0.39 is 0 Å². The van der Waals surface area contributed by atoms with Crippen molar-refractivity contribution in [2.45, 2.75) is 58.4 Å². The number of rotatable bonds is 3. The molecular weight excluding hydrogens is 374 g/mol. The van der Waals surface area contributed by atoms with Gasteiger partial charge in [-0.15, -0.1) is 0 Å². The van der Waals surface area contributed by atoms with Crippen molar-refractivity contribution in [1.29, 1.82) is 0 Å². The van der Waals surface area contributed by atoms with Crippen LogP contribution in [0.15, 0.2) is 42.2 Å². The lowest BCUT2D eigenvalue weighted by Crippen LogP contribution is -2.24. The molecule has 2 aliphatic heterocycles. The second-order valence-corrected chi connectivity index (χ2v) is 9.44. The van der Waals surface area contributed by atoms with Crippen molar-refractivity contribution in [3.63, 3.8) is 0 Å². The van der Waals surface area contributed by atoms with Gasteiger partial charge in [-0.1, -0.05) is 57.9 Å². The molecule has 1 fully saturated rings. The molecule has 0 aliphatic carbocycles. The van der Waals surface area contributed by atoms with Crippen LogP contribution in [0.25, 0.3) is 6.08 Å². The lowest BCUT2D eigenvalue weighted by molar-refractivity contribution is 0.101. The Morgan fingerprint density at radius 2 is 1.67 bits per heavy atom. The maximum absolute atomic E-state index is 12.9. The van der Waals surface area contributed by atoms with Crippen molar-refractivity contribution in [2.75, 3.05) is 13.1 Å². The van der Waals surface area contributed by atoms with Crippen molar-refractivity contribution in [2.24, 2.45) is 0 Å². The maximum atomic E-state index is 12.9. The Bertz CT molecular complexity index is 959. The highest BCUT2D eigenvalue weighted by molar-refractivity contribution is 6.15. The molecule has 0 amide bonds. The average molecular weight is 406 g/mol. The standard InChI is InChI=1S/C26H31NO3/c1-26(2,3)19-10-8-18(9-11-19)16-23-24(29)20-12-13-22(28)21(25(20)30-23)17-27-14-6-4-5-7-15-27/h8-13,16,28H,4-7,14-15,17H2,1-3H3/b23-16-. The van der Waals surface area contributed by atoms with Gasteiger partial charge in [0.1, 0.15) is 11.5 Å². The Morgan fingerprint density at radius 3 is 2.30 bits per heavy atom. The van der Waals surface area contributed by atoms with Gasteiger partial charge in [-0.25, -0.2) is 0 Å². The quantitative estimate of drug-likeness (QED) is 0.667. The predicted molar refractivity (Wildman–Crippen MR) is 120 cm³/mol. The number of Topliss-reactive ketones (excluding diaryl/α,β-unsaturated/α-hetero) is 1. The number of likely N-dealkylation sites (tertiary alicyclic amines) is 1. The van der Waals surface area contributed by atoms with E-state index in [1.807, 2.05) is 12.1 Å². The van der Waals surface area contributed by atoms with E-state index in [9.17, 15) is 9.90 Å². The van der Waals surface area contributed by atoms with Gasteiger partial charge in [0, 0.05) is 6.54 Å². The number of phenols is 1. The summed E-state index contributed by atoms with van der Waals surface area (Å²) in [6.07, 6.45) is 6.65. The lowest BCUT2D eigenvalue weighted by Gasteiger charge is -2.21. The minimum Gasteiger partial charge on any atom is -0.507 e. The third-order valence-corrected chi connectivity index (χ3v) is 6.07. The van der Waals surface area contributed by atoms with Gasteiger partial charge in [0.15, 0.2) is 5.76 Å². The van der Waals surface area contributed by atoms with Crippen LogP contribution >= 0.6 is 0 Å². The van der Waals surface area contributed by atoms with E-state index in [0.29, 0.717) is 29.2 Å². The maximum Gasteiger partial charge on any atom is 0.231 e. The highest BCUT2D eigenvalue weighted by Crippen LogP contribution is 2.40. The number of aromatic hydroxyl groups is 1. The van der Waals surface area contributed by atoms with Gasteiger partial charge in [-0.3, -0.25) is 9.69 Å². The zero-order valence-corrected chi connectivity index (χ0v) is 18.2. The molecule has 1 saturated heterocycles. The Kier molecular flexibility index (Phi) is 5.70. The van der Waals surface area contributed by atoms with E-state index in [1.54, 1.807) is 18.2 Å². The van der Waals surface area contributed by atoms with Crippen LogP contribution in [0.3, 0.4) is 0 Å². The summed E-state index contributed by atoms with van der Waals surface area (Å²) in [6.45, 7) is 9.17. The topological polar surface area (TPSA) is 49.8 Å². The average Bonchev–Trinajstić information content (AvgIpc) is 2.86. The molecule has 2 aromatic carbocycles. The molecule has 0 atom stereocenters. The summed E-state index contributed by atoms with van der Waals surface area (Å²) < 4.78 is 6.03. The second-order valence-electron chi connectivity index (χ2n) is 9.44. The number of hydrogen-bond donors (Lipinski definition) is 1. The van der Waals surface area contributed by atoms with Gasteiger partial charge in [0.05, 0.1) is 11.1 Å². The molecule has 158 valence electrons. The van der Waals surface area contributed by atoms with Crippen LogP contribution in [0.4, 0.5) is 0 Å². The summed E-state index contributed by atoms with van der Waals surface area (Å²) in [5.74, 6) is 0.904. The summed E-state index contributed by atoms with van der Waals surface area (Å²) in [4.78, 5) is 15.3. The van der Waals surface area contributed by atoms with Crippen molar-refractivity contribution >= 4 is 11.9 Å². The van der Waals surface area contributed by atoms with Gasteiger partial charge in [0.2, 0.25) is 5.78 Å². The summed E-state index contributed by atoms with van der Waals surface area (Å²) in [5.41, 5.74) is 3.51. The first-order valence-corrected chi connectivity index (χ1v) is 10.9. The monoisotopic (exact) mass is 405 g/mol. The molecule has 2 heterocycles. The molecule has 0 aromatic heterocycles. The molecule has 2 aromatic rings. The molecule has 0 bridgehead atoms. The number of nitrogens with zero attached hydrogens (tertiary/aromatic N) is 1. The van der Waals surface area contributed by atoms with Crippen molar-refractivity contribution < 1.29 is 14.6 Å². The van der Waals surface area contributed by atoms with E-state index in [0.717, 1.165) is 18.7 Å². The van der Waals surface area contributed by atoms with Crippen LogP contribution < -0.4 is 4.74 Å². The van der Waals surface area contributed by atoms with E-state index in [1.165, 1.54) is 31.2 Å². The summed E-state index contributed by atoms with van der Waals surface area (Å²) >= 11 is 0. The lowest BCUT2D eigenvalue weighted by atomic mass is 9.86. The van der Waals surface area contributed by atoms with Gasteiger partial charge >= 0.3 is 0 Å². The number of fused-ring (bicyclic) bond motifs is 1. The van der Waals surface area contributed by atoms with Crippen molar-refractivity contribution in [1.82, 2.24) is 4.90 Å². The fourth-order valence-corrected chi connectivity index (χ4v) is 4.20. The van der Waals surface area contributed by atoms with Crippen molar-refractivity contribution in [3.05, 3.63) is 64.4 Å². The second kappa shape index (κ2) is 8.27. The highest BCUT2D eigenvalue weighted by Gasteiger charge is 2.31. The number of ether oxygens (including phenoxy) is 1. The van der Waals surface area contributed by atoms with E-state index in [4.69, 9.17) is 4.74 Å². The fraction of sp³-hybridized carbons (Fsp3) is 0.423. The Labute approximate surface area is 179 Å². The van der Waals surface area contributed by atoms with E-state index in [-0.39, 0.29) is 16.9 Å². The predicted octanol–water partition coefficient (Wildman–Crippen LogP) is 5.68. The number of carbonyl (C=O) groups is 1. The Hall–Kier alpha value is -2.59.